The highest BCUT2D eigenvalue weighted by Gasteiger charge is 2.22. The van der Waals surface area contributed by atoms with Crippen molar-refractivity contribution < 1.29 is 14.3 Å². The summed E-state index contributed by atoms with van der Waals surface area (Å²) < 4.78 is 5.25. The molecular formula is C19H20NO3. The van der Waals surface area contributed by atoms with Gasteiger partial charge in [0.1, 0.15) is 0 Å². The number of carbonyl (C=O) groups is 1. The third kappa shape index (κ3) is 3.77. The predicted molar refractivity (Wildman–Crippen MR) is 88.9 cm³/mol. The van der Waals surface area contributed by atoms with Crippen molar-refractivity contribution in [3.05, 3.63) is 48.0 Å². The average Bonchev–Trinajstić information content (AvgIpc) is 2.62. The monoisotopic (exact) mass is 310 g/mol. The van der Waals surface area contributed by atoms with Gasteiger partial charge >= 0.3 is 0 Å². The highest BCUT2D eigenvalue weighted by Crippen LogP contribution is 2.22. The summed E-state index contributed by atoms with van der Waals surface area (Å²) in [6, 6.07) is 14.2. The van der Waals surface area contributed by atoms with Crippen LogP contribution in [0.15, 0.2) is 42.5 Å². The van der Waals surface area contributed by atoms with Crippen molar-refractivity contribution >= 4 is 23.0 Å². The topological polar surface area (TPSA) is 46.6 Å². The first-order valence-electron chi connectivity index (χ1n) is 7.98. The Bertz CT molecular complexity index is 687. The van der Waals surface area contributed by atoms with Crippen LogP contribution in [0.4, 0.5) is 0 Å². The van der Waals surface area contributed by atoms with Crippen molar-refractivity contribution in [2.24, 2.45) is 5.92 Å². The van der Waals surface area contributed by atoms with Crippen LogP contribution in [0.25, 0.3) is 10.8 Å². The second-order valence-electron chi connectivity index (χ2n) is 5.85. The molecule has 1 aliphatic heterocycles. The van der Waals surface area contributed by atoms with Gasteiger partial charge in [0.2, 0.25) is 12.2 Å². The van der Waals surface area contributed by atoms with Crippen molar-refractivity contribution in [1.82, 2.24) is 4.90 Å². The highest BCUT2D eigenvalue weighted by molar-refractivity contribution is 5.86. The van der Waals surface area contributed by atoms with E-state index in [1.165, 1.54) is 0 Å². The van der Waals surface area contributed by atoms with Crippen molar-refractivity contribution in [3.8, 4) is 0 Å². The van der Waals surface area contributed by atoms with Crippen LogP contribution in [0.3, 0.4) is 0 Å². The lowest BCUT2D eigenvalue weighted by atomic mass is 9.93. The standard InChI is InChI=1S/C19H20NO3/c21-14-15(13-19(22)20-8-10-23-11-9-20)12-17-6-3-5-16-4-1-2-7-18(16)17/h1-7,15H,8-13H2/t15-/m1/s1. The minimum Gasteiger partial charge on any atom is -0.378 e. The number of hydrogen-bond donors (Lipinski definition) is 0. The summed E-state index contributed by atoms with van der Waals surface area (Å²) in [5.41, 5.74) is 1.09. The molecule has 119 valence electrons. The Labute approximate surface area is 136 Å². The zero-order chi connectivity index (χ0) is 16.1. The van der Waals surface area contributed by atoms with Gasteiger partial charge in [-0.05, 0) is 22.8 Å². The minimum atomic E-state index is -0.406. The van der Waals surface area contributed by atoms with Crippen LogP contribution in [0.5, 0.6) is 0 Å². The molecule has 0 aliphatic carbocycles. The van der Waals surface area contributed by atoms with Gasteiger partial charge < -0.3 is 9.64 Å². The van der Waals surface area contributed by atoms with Crippen LogP contribution < -0.4 is 0 Å². The van der Waals surface area contributed by atoms with Crippen molar-refractivity contribution in [3.63, 3.8) is 0 Å². The first-order chi connectivity index (χ1) is 11.3. The summed E-state index contributed by atoms with van der Waals surface area (Å²) in [5, 5.41) is 2.28. The van der Waals surface area contributed by atoms with Crippen molar-refractivity contribution in [2.45, 2.75) is 12.8 Å². The fourth-order valence-electron chi connectivity index (χ4n) is 3.04. The SMILES string of the molecule is O=[C][C@@H](CC(=O)N1CCOCC1)Cc1cccc2ccccc12. The summed E-state index contributed by atoms with van der Waals surface area (Å²) in [5.74, 6) is -0.391. The van der Waals surface area contributed by atoms with Gasteiger partial charge in [-0.2, -0.15) is 0 Å². The van der Waals surface area contributed by atoms with E-state index in [2.05, 4.69) is 24.5 Å². The molecule has 2 aromatic carbocycles. The number of morpholine rings is 1. The Balaban J connectivity index is 1.71. The molecule has 1 fully saturated rings. The van der Waals surface area contributed by atoms with Gasteiger partial charge in [-0.25, -0.2) is 0 Å². The minimum absolute atomic E-state index is 0.0156. The molecule has 1 saturated heterocycles. The Morgan fingerprint density at radius 3 is 2.65 bits per heavy atom. The molecule has 0 unspecified atom stereocenters. The van der Waals surface area contributed by atoms with Crippen molar-refractivity contribution in [2.75, 3.05) is 26.3 Å². The molecule has 0 N–H and O–H groups in total. The quantitative estimate of drug-likeness (QED) is 0.852. The molecular weight excluding hydrogens is 290 g/mol. The molecule has 1 atom stereocenters. The summed E-state index contributed by atoms with van der Waals surface area (Å²) in [6.45, 7) is 2.37. The number of nitrogens with zero attached hydrogens (tertiary/aromatic N) is 1. The first-order valence-corrected chi connectivity index (χ1v) is 7.98. The van der Waals surface area contributed by atoms with E-state index >= 15 is 0 Å². The fraction of sp³-hybridized carbons (Fsp3) is 0.368. The van der Waals surface area contributed by atoms with E-state index in [0.717, 1.165) is 16.3 Å². The van der Waals surface area contributed by atoms with Crippen LogP contribution in [0.1, 0.15) is 12.0 Å². The van der Waals surface area contributed by atoms with E-state index in [9.17, 15) is 9.59 Å². The molecule has 1 amide bonds. The smallest absolute Gasteiger partial charge is 0.223 e. The van der Waals surface area contributed by atoms with Crippen LogP contribution in [-0.4, -0.2) is 43.4 Å². The number of benzene rings is 2. The molecule has 0 aromatic heterocycles. The zero-order valence-electron chi connectivity index (χ0n) is 13.0. The second-order valence-corrected chi connectivity index (χ2v) is 5.85. The van der Waals surface area contributed by atoms with Crippen LogP contribution in [0.2, 0.25) is 0 Å². The van der Waals surface area contributed by atoms with Crippen molar-refractivity contribution in [1.29, 1.82) is 0 Å². The van der Waals surface area contributed by atoms with Crippen LogP contribution >= 0.6 is 0 Å². The molecule has 0 saturated carbocycles. The third-order valence-corrected chi connectivity index (χ3v) is 4.30. The van der Waals surface area contributed by atoms with E-state index in [1.807, 2.05) is 24.3 Å². The molecule has 3 rings (SSSR count). The maximum atomic E-state index is 12.3. The number of rotatable bonds is 5. The van der Waals surface area contributed by atoms with Crippen LogP contribution in [-0.2, 0) is 20.7 Å². The molecule has 1 aliphatic rings. The van der Waals surface area contributed by atoms with Gasteiger partial charge in [-0.3, -0.25) is 9.59 Å². The van der Waals surface area contributed by atoms with Gasteiger partial charge in [0, 0.05) is 25.4 Å². The van der Waals surface area contributed by atoms with E-state index in [-0.39, 0.29) is 12.3 Å². The Kier molecular flexibility index (Phi) is 5.03. The van der Waals surface area contributed by atoms with Gasteiger partial charge in [-0.15, -0.1) is 0 Å². The molecule has 1 radical (unpaired) electrons. The number of fused-ring (bicyclic) bond motifs is 1. The van der Waals surface area contributed by atoms with E-state index in [4.69, 9.17) is 4.74 Å². The van der Waals surface area contributed by atoms with Gasteiger partial charge in [0.05, 0.1) is 13.2 Å². The zero-order valence-corrected chi connectivity index (χ0v) is 13.0. The normalized spacial score (nSPS) is 16.3. The summed E-state index contributed by atoms with van der Waals surface area (Å²) in [7, 11) is 0. The average molecular weight is 310 g/mol. The molecule has 23 heavy (non-hydrogen) atoms. The van der Waals surface area contributed by atoms with Crippen LogP contribution in [0, 0.1) is 5.92 Å². The Morgan fingerprint density at radius 2 is 1.87 bits per heavy atom. The Morgan fingerprint density at radius 1 is 1.13 bits per heavy atom. The lowest BCUT2D eigenvalue weighted by molar-refractivity contribution is -0.135. The second kappa shape index (κ2) is 7.38. The highest BCUT2D eigenvalue weighted by atomic mass is 16.5. The van der Waals surface area contributed by atoms with E-state index < -0.39 is 5.92 Å². The molecule has 0 bridgehead atoms. The Hall–Kier alpha value is -2.20. The van der Waals surface area contributed by atoms with E-state index in [0.29, 0.717) is 32.7 Å². The lowest BCUT2D eigenvalue weighted by Gasteiger charge is -2.27. The first kappa shape index (κ1) is 15.7. The summed E-state index contributed by atoms with van der Waals surface area (Å²) in [6.07, 6.45) is 2.81. The van der Waals surface area contributed by atoms with Gasteiger partial charge in [0.15, 0.2) is 0 Å². The summed E-state index contributed by atoms with van der Waals surface area (Å²) in [4.78, 5) is 25.4. The van der Waals surface area contributed by atoms with Gasteiger partial charge in [-0.1, -0.05) is 42.5 Å². The lowest BCUT2D eigenvalue weighted by Crippen LogP contribution is -2.41. The number of ether oxygens (including phenoxy) is 1. The molecule has 1 heterocycles. The molecule has 4 heteroatoms. The maximum absolute atomic E-state index is 12.3. The molecule has 0 spiro atoms. The maximum Gasteiger partial charge on any atom is 0.223 e. The molecule has 2 aromatic rings. The number of amides is 1. The van der Waals surface area contributed by atoms with Gasteiger partial charge in [0.25, 0.3) is 0 Å². The predicted octanol–water partition coefficient (Wildman–Crippen LogP) is 2.36. The van der Waals surface area contributed by atoms with E-state index in [1.54, 1.807) is 4.90 Å². The summed E-state index contributed by atoms with van der Waals surface area (Å²) >= 11 is 0. The largest absolute Gasteiger partial charge is 0.378 e. The fourth-order valence-corrected chi connectivity index (χ4v) is 3.04. The number of carbonyl (C=O) groups excluding carboxylic acids is 2. The molecule has 4 nitrogen and oxygen atoms in total. The third-order valence-electron chi connectivity index (χ3n) is 4.30. The number of hydrogen-bond acceptors (Lipinski definition) is 3.